The second-order valence-electron chi connectivity index (χ2n) is 9.59. The van der Waals surface area contributed by atoms with Gasteiger partial charge in [-0.25, -0.2) is 16.8 Å². The fraction of sp³-hybridized carbons (Fsp3) is 0.200. The molecule has 0 saturated heterocycles. The van der Waals surface area contributed by atoms with Gasteiger partial charge < -0.3 is 9.11 Å². The topological polar surface area (TPSA) is 114 Å². The van der Waals surface area contributed by atoms with E-state index in [1.54, 1.807) is 23.3 Å². The van der Waals surface area contributed by atoms with Crippen molar-refractivity contribution in [2.24, 2.45) is 0 Å². The Kier molecular flexibility index (Phi) is 14.2. The number of hydrogen-bond donors (Lipinski definition) is 0. The van der Waals surface area contributed by atoms with E-state index in [0.717, 1.165) is 12.8 Å². The summed E-state index contributed by atoms with van der Waals surface area (Å²) in [5, 5.41) is 0. The van der Waals surface area contributed by atoms with Gasteiger partial charge in [0.1, 0.15) is 0 Å². The van der Waals surface area contributed by atoms with Gasteiger partial charge in [-0.15, -0.1) is 11.1 Å². The first-order chi connectivity index (χ1) is 21.1. The summed E-state index contributed by atoms with van der Waals surface area (Å²) in [6, 6.07) is 36.2. The van der Waals surface area contributed by atoms with Crippen molar-refractivity contribution in [3.8, 4) is 22.3 Å². The SMILES string of the molecule is C[Si](C)=[Zr+2].O=S(=O)([O-])C(F)(F)F.O=S(=O)([O-])C(F)(F)F.[c-]1cccc2c1Cc1ccccc1-2.[c-]1cccc2c1Cc1ccccc1-2. The van der Waals surface area contributed by atoms with Gasteiger partial charge in [0, 0.05) is 0 Å². The Morgan fingerprint density at radius 1 is 0.609 bits per heavy atom. The molecule has 16 heteroatoms. The van der Waals surface area contributed by atoms with Crippen LogP contribution in [0.25, 0.3) is 22.3 Å². The Balaban J connectivity index is 0.000000211. The number of rotatable bonds is 0. The molecule has 0 fully saturated rings. The molecule has 0 spiro atoms. The summed E-state index contributed by atoms with van der Waals surface area (Å²) < 4.78 is 118. The number of hydrogen-bond acceptors (Lipinski definition) is 6. The van der Waals surface area contributed by atoms with Crippen LogP contribution in [0.5, 0.6) is 0 Å². The molecule has 0 aliphatic heterocycles. The second-order valence-corrected chi connectivity index (χ2v) is 21.7. The minimum absolute atomic E-state index is 0.210. The monoisotopic (exact) mass is 776 g/mol. The molecule has 4 aromatic rings. The quantitative estimate of drug-likeness (QED) is 0.0540. The average molecular weight is 778 g/mol. The molecule has 0 amide bonds. The molecule has 2 aliphatic rings. The molecular formula is C30H24F6O6S2SiZr-2. The predicted octanol–water partition coefficient (Wildman–Crippen LogP) is 7.00. The molecule has 0 heterocycles. The van der Waals surface area contributed by atoms with Gasteiger partial charge in [-0.3, -0.25) is 0 Å². The molecule has 244 valence electrons. The maximum absolute atomic E-state index is 10.7. The van der Waals surface area contributed by atoms with Crippen LogP contribution in [0.15, 0.2) is 84.9 Å². The standard InChI is InChI=1S/2C13H9.C2H6Si.2CHF3O3S.Zr/c2*1-3-7-12-10(5-1)9-11-6-2-4-8-13(11)12;1-3-2;2*2-1(3,4)8(5,6)7;/h2*1-5,7-8H,9H2;1-2H3;2*(H,5,6,7);/q2*-1;;;;+2/p-2. The molecule has 6 nitrogen and oxygen atoms in total. The Morgan fingerprint density at radius 2 is 0.870 bits per heavy atom. The van der Waals surface area contributed by atoms with Crippen LogP contribution in [0, 0.1) is 12.1 Å². The first-order valence-corrected chi connectivity index (χ1v) is 21.9. The van der Waals surface area contributed by atoms with Gasteiger partial charge in [-0.1, -0.05) is 70.8 Å². The third-order valence-corrected chi connectivity index (χ3v) is 6.93. The van der Waals surface area contributed by atoms with Gasteiger partial charge in [0.05, 0.1) is 0 Å². The second kappa shape index (κ2) is 16.5. The van der Waals surface area contributed by atoms with Gasteiger partial charge in [0.2, 0.25) is 0 Å². The van der Waals surface area contributed by atoms with Crippen LogP contribution in [0.3, 0.4) is 0 Å². The summed E-state index contributed by atoms with van der Waals surface area (Å²) in [4.78, 5) is 0. The van der Waals surface area contributed by atoms with Crippen LogP contribution in [-0.4, -0.2) is 42.4 Å². The van der Waals surface area contributed by atoms with E-state index in [1.165, 1.54) is 44.5 Å². The Labute approximate surface area is 278 Å². The molecule has 6 rings (SSSR count). The fourth-order valence-electron chi connectivity index (χ4n) is 4.00. The Hall–Kier alpha value is -2.62. The minimum Gasteiger partial charge on any atom is -0.741 e. The molecular weight excluding hydrogens is 754 g/mol. The van der Waals surface area contributed by atoms with Gasteiger partial charge >= 0.3 is 52.9 Å². The normalized spacial score (nSPS) is 12.4. The Bertz CT molecular complexity index is 1660. The van der Waals surface area contributed by atoms with Crippen LogP contribution in [-0.2, 0) is 56.4 Å². The summed E-state index contributed by atoms with van der Waals surface area (Å²) in [6.07, 6.45) is 2.10. The van der Waals surface area contributed by atoms with E-state index < -0.39 is 31.3 Å². The zero-order valence-corrected chi connectivity index (χ0v) is 29.1. The summed E-state index contributed by atoms with van der Waals surface area (Å²) >= 11 is 1.74. The molecule has 4 aromatic carbocycles. The largest absolute Gasteiger partial charge is 0.741 e. The van der Waals surface area contributed by atoms with E-state index in [2.05, 4.69) is 98.0 Å². The maximum atomic E-state index is 10.7. The Morgan fingerprint density at radius 3 is 1.15 bits per heavy atom. The third-order valence-electron chi connectivity index (χ3n) is 5.80. The average Bonchev–Trinajstić information content (AvgIpc) is 3.50. The van der Waals surface area contributed by atoms with Gasteiger partial charge in [-0.05, 0) is 12.8 Å². The van der Waals surface area contributed by atoms with Crippen LogP contribution < -0.4 is 0 Å². The predicted molar refractivity (Wildman–Crippen MR) is 156 cm³/mol. The smallest absolute Gasteiger partial charge is 0.485 e. The van der Waals surface area contributed by atoms with Crippen molar-refractivity contribution in [2.75, 3.05) is 0 Å². The van der Waals surface area contributed by atoms with Crippen LogP contribution in [0.4, 0.5) is 26.3 Å². The van der Waals surface area contributed by atoms with E-state index >= 15 is 0 Å². The van der Waals surface area contributed by atoms with E-state index in [-0.39, 0.29) is 5.43 Å². The van der Waals surface area contributed by atoms with Crippen molar-refractivity contribution in [1.82, 2.24) is 0 Å². The molecule has 0 aromatic heterocycles. The van der Waals surface area contributed by atoms with Crippen molar-refractivity contribution < 1.29 is 75.6 Å². The van der Waals surface area contributed by atoms with Gasteiger partial charge in [0.25, 0.3) is 0 Å². The van der Waals surface area contributed by atoms with Crippen molar-refractivity contribution >= 4 is 25.7 Å². The summed E-state index contributed by atoms with van der Waals surface area (Å²) in [6.45, 7) is 4.62. The van der Waals surface area contributed by atoms with E-state index in [1.807, 2.05) is 12.1 Å². The van der Waals surface area contributed by atoms with E-state index in [0.29, 0.717) is 0 Å². The number of fused-ring (bicyclic) bond motifs is 6. The van der Waals surface area contributed by atoms with Gasteiger partial charge in [-0.2, -0.15) is 86.0 Å². The molecule has 0 saturated carbocycles. The van der Waals surface area contributed by atoms with E-state index in [9.17, 15) is 26.3 Å². The van der Waals surface area contributed by atoms with Crippen LogP contribution in [0.2, 0.25) is 13.1 Å². The molecule has 0 N–H and O–H groups in total. The summed E-state index contributed by atoms with van der Waals surface area (Å²) in [5.41, 5.74) is -0.0607. The van der Waals surface area contributed by atoms with Crippen LogP contribution >= 0.6 is 0 Å². The molecule has 0 unspecified atom stereocenters. The molecule has 0 atom stereocenters. The van der Waals surface area contributed by atoms with Crippen molar-refractivity contribution in [1.29, 1.82) is 0 Å². The zero-order valence-electron chi connectivity index (χ0n) is 24.0. The minimum atomic E-state index is -6.09. The molecule has 0 bridgehead atoms. The molecule has 2 aliphatic carbocycles. The fourth-order valence-corrected chi connectivity index (χ4v) is 4.00. The van der Waals surface area contributed by atoms with Crippen molar-refractivity contribution in [3.05, 3.63) is 119 Å². The van der Waals surface area contributed by atoms with Crippen molar-refractivity contribution in [3.63, 3.8) is 0 Å². The first kappa shape index (κ1) is 39.6. The maximum Gasteiger partial charge on any atom is 0.485 e. The molecule has 46 heavy (non-hydrogen) atoms. The number of benzene rings is 4. The zero-order chi connectivity index (χ0) is 34.9. The first-order valence-electron chi connectivity index (χ1n) is 12.8. The van der Waals surface area contributed by atoms with Gasteiger partial charge in [0.15, 0.2) is 20.2 Å². The van der Waals surface area contributed by atoms with Crippen LogP contribution in [0.1, 0.15) is 22.3 Å². The van der Waals surface area contributed by atoms with Crippen molar-refractivity contribution in [2.45, 2.75) is 37.0 Å². The molecule has 0 radical (unpaired) electrons. The summed E-state index contributed by atoms with van der Waals surface area (Å²) in [7, 11) is -12.2. The summed E-state index contributed by atoms with van der Waals surface area (Å²) in [5.74, 6) is 0. The number of halogens is 6. The third kappa shape index (κ3) is 11.9. The number of alkyl halides is 6. The van der Waals surface area contributed by atoms with E-state index in [4.69, 9.17) is 25.9 Å².